The van der Waals surface area contributed by atoms with E-state index in [-0.39, 0.29) is 6.04 Å². The highest BCUT2D eigenvalue weighted by Crippen LogP contribution is 2.32. The topological polar surface area (TPSA) is 47.3 Å². The summed E-state index contributed by atoms with van der Waals surface area (Å²) < 4.78 is 11.3. The van der Waals surface area contributed by atoms with Gasteiger partial charge in [0.25, 0.3) is 0 Å². The Morgan fingerprint density at radius 1 is 1.47 bits per heavy atom. The van der Waals surface area contributed by atoms with Gasteiger partial charge in [0.1, 0.15) is 11.4 Å². The molecule has 17 heavy (non-hydrogen) atoms. The van der Waals surface area contributed by atoms with E-state index in [0.29, 0.717) is 4.67 Å². The Morgan fingerprint density at radius 3 is 2.88 bits per heavy atom. The van der Waals surface area contributed by atoms with Crippen LogP contribution in [0.15, 0.2) is 39.7 Å². The Hall–Kier alpha value is -1.33. The van der Waals surface area contributed by atoms with Crippen molar-refractivity contribution in [3.63, 3.8) is 0 Å². The number of nitrogens with one attached hydrogen (secondary N) is 1. The first-order valence-electron chi connectivity index (χ1n) is 5.17. The highest BCUT2D eigenvalue weighted by atomic mass is 79.9. The fraction of sp³-hybridized carbons (Fsp3) is 0.250. The van der Waals surface area contributed by atoms with E-state index in [0.717, 1.165) is 17.0 Å². The molecule has 0 spiro atoms. The Labute approximate surface area is 108 Å². The standard InChI is InChI=1S/C12H13BrN2O2/c1-14-10(8-5-7-17-12(8)13)11-9(16-2)4-3-6-15-11/h3-7,10,14H,1-2H3. The number of aromatic nitrogens is 1. The maximum atomic E-state index is 5.32. The molecular weight excluding hydrogens is 284 g/mol. The van der Waals surface area contributed by atoms with Gasteiger partial charge in [0.2, 0.25) is 0 Å². The van der Waals surface area contributed by atoms with Gasteiger partial charge in [-0.1, -0.05) is 0 Å². The lowest BCUT2D eigenvalue weighted by molar-refractivity contribution is 0.401. The van der Waals surface area contributed by atoms with E-state index >= 15 is 0 Å². The third-order valence-corrected chi connectivity index (χ3v) is 3.18. The molecule has 2 aromatic heterocycles. The lowest BCUT2D eigenvalue weighted by Gasteiger charge is -2.17. The van der Waals surface area contributed by atoms with Crippen LogP contribution in [0.2, 0.25) is 0 Å². The Bertz CT molecular complexity index is 499. The minimum absolute atomic E-state index is 0.0701. The summed E-state index contributed by atoms with van der Waals surface area (Å²) in [5.74, 6) is 0.750. The van der Waals surface area contributed by atoms with Crippen LogP contribution in [0, 0.1) is 0 Å². The number of pyridine rings is 1. The molecule has 0 aromatic carbocycles. The minimum atomic E-state index is -0.0701. The van der Waals surface area contributed by atoms with Crippen molar-refractivity contribution < 1.29 is 9.15 Å². The maximum absolute atomic E-state index is 5.32. The molecule has 90 valence electrons. The quantitative estimate of drug-likeness (QED) is 0.942. The van der Waals surface area contributed by atoms with E-state index in [2.05, 4.69) is 26.2 Å². The normalized spacial score (nSPS) is 12.4. The third kappa shape index (κ3) is 2.35. The Morgan fingerprint density at radius 2 is 2.29 bits per heavy atom. The predicted molar refractivity (Wildman–Crippen MR) is 68.1 cm³/mol. The van der Waals surface area contributed by atoms with Crippen molar-refractivity contribution in [3.8, 4) is 5.75 Å². The second-order valence-corrected chi connectivity index (χ2v) is 4.18. The van der Waals surface area contributed by atoms with Crippen LogP contribution in [-0.2, 0) is 0 Å². The number of rotatable bonds is 4. The molecule has 0 saturated carbocycles. The van der Waals surface area contributed by atoms with Crippen molar-refractivity contribution in [3.05, 3.63) is 46.6 Å². The summed E-state index contributed by atoms with van der Waals surface area (Å²) in [6.45, 7) is 0. The Kier molecular flexibility index (Phi) is 3.81. The van der Waals surface area contributed by atoms with Gasteiger partial charge < -0.3 is 14.5 Å². The largest absolute Gasteiger partial charge is 0.495 e. The van der Waals surface area contributed by atoms with Gasteiger partial charge in [0.15, 0.2) is 4.67 Å². The van der Waals surface area contributed by atoms with Crippen LogP contribution in [-0.4, -0.2) is 19.1 Å². The van der Waals surface area contributed by atoms with Crippen LogP contribution >= 0.6 is 15.9 Å². The number of hydrogen-bond donors (Lipinski definition) is 1. The van der Waals surface area contributed by atoms with Crippen molar-refractivity contribution >= 4 is 15.9 Å². The zero-order chi connectivity index (χ0) is 12.3. The molecule has 5 heteroatoms. The summed E-state index contributed by atoms with van der Waals surface area (Å²) in [5, 5.41) is 3.20. The lowest BCUT2D eigenvalue weighted by Crippen LogP contribution is -2.19. The highest BCUT2D eigenvalue weighted by Gasteiger charge is 2.21. The van der Waals surface area contributed by atoms with Crippen molar-refractivity contribution in [2.75, 3.05) is 14.2 Å². The van der Waals surface area contributed by atoms with Crippen molar-refractivity contribution in [2.45, 2.75) is 6.04 Å². The smallest absolute Gasteiger partial charge is 0.174 e. The SMILES string of the molecule is CNC(c1ccoc1Br)c1ncccc1OC. The summed E-state index contributed by atoms with van der Waals surface area (Å²) >= 11 is 3.38. The number of methoxy groups -OCH3 is 1. The van der Waals surface area contributed by atoms with Crippen LogP contribution in [0.25, 0.3) is 0 Å². The van der Waals surface area contributed by atoms with Gasteiger partial charge in [-0.3, -0.25) is 4.98 Å². The molecular formula is C12H13BrN2O2. The zero-order valence-electron chi connectivity index (χ0n) is 9.61. The third-order valence-electron chi connectivity index (χ3n) is 2.54. The highest BCUT2D eigenvalue weighted by molar-refractivity contribution is 9.10. The van der Waals surface area contributed by atoms with E-state index in [4.69, 9.17) is 9.15 Å². The predicted octanol–water partition coefficient (Wildman–Crippen LogP) is 2.75. The number of ether oxygens (including phenoxy) is 1. The van der Waals surface area contributed by atoms with Gasteiger partial charge in [-0.05, 0) is 41.2 Å². The molecule has 2 rings (SSSR count). The molecule has 4 nitrogen and oxygen atoms in total. The molecule has 0 radical (unpaired) electrons. The molecule has 0 aliphatic heterocycles. The number of furan rings is 1. The van der Waals surface area contributed by atoms with Crippen LogP contribution < -0.4 is 10.1 Å². The van der Waals surface area contributed by atoms with Crippen molar-refractivity contribution in [2.24, 2.45) is 0 Å². The van der Waals surface area contributed by atoms with E-state index in [9.17, 15) is 0 Å². The second-order valence-electron chi connectivity index (χ2n) is 3.46. The number of halogens is 1. The maximum Gasteiger partial charge on any atom is 0.174 e. The van der Waals surface area contributed by atoms with Crippen LogP contribution in [0.5, 0.6) is 5.75 Å². The molecule has 2 aromatic rings. The summed E-state index contributed by atoms with van der Waals surface area (Å²) in [4.78, 5) is 4.37. The van der Waals surface area contributed by atoms with Gasteiger partial charge >= 0.3 is 0 Å². The molecule has 1 N–H and O–H groups in total. The summed E-state index contributed by atoms with van der Waals surface area (Å²) in [5.41, 5.74) is 1.82. The molecule has 1 unspecified atom stereocenters. The zero-order valence-corrected chi connectivity index (χ0v) is 11.2. The molecule has 0 amide bonds. The summed E-state index contributed by atoms with van der Waals surface area (Å²) in [6, 6.07) is 5.57. The number of nitrogens with zero attached hydrogens (tertiary/aromatic N) is 1. The molecule has 0 saturated heterocycles. The van der Waals surface area contributed by atoms with Crippen molar-refractivity contribution in [1.82, 2.24) is 10.3 Å². The van der Waals surface area contributed by atoms with Crippen LogP contribution in [0.3, 0.4) is 0 Å². The summed E-state index contributed by atoms with van der Waals surface area (Å²) in [7, 11) is 3.51. The number of hydrogen-bond acceptors (Lipinski definition) is 4. The van der Waals surface area contributed by atoms with Gasteiger partial charge in [0.05, 0.1) is 19.4 Å². The van der Waals surface area contributed by atoms with E-state index in [1.54, 1.807) is 19.6 Å². The molecule has 0 bridgehead atoms. The van der Waals surface area contributed by atoms with E-state index < -0.39 is 0 Å². The molecule has 2 heterocycles. The van der Waals surface area contributed by atoms with Crippen LogP contribution in [0.1, 0.15) is 17.3 Å². The monoisotopic (exact) mass is 296 g/mol. The van der Waals surface area contributed by atoms with Crippen LogP contribution in [0.4, 0.5) is 0 Å². The molecule has 0 fully saturated rings. The van der Waals surface area contributed by atoms with Gasteiger partial charge in [-0.15, -0.1) is 0 Å². The molecule has 0 aliphatic carbocycles. The minimum Gasteiger partial charge on any atom is -0.495 e. The average molecular weight is 297 g/mol. The fourth-order valence-electron chi connectivity index (χ4n) is 1.74. The summed E-state index contributed by atoms with van der Waals surface area (Å²) in [6.07, 6.45) is 3.38. The lowest BCUT2D eigenvalue weighted by atomic mass is 10.1. The van der Waals surface area contributed by atoms with Gasteiger partial charge in [0, 0.05) is 11.8 Å². The second kappa shape index (κ2) is 5.33. The Balaban J connectivity index is 2.46. The first-order chi connectivity index (χ1) is 8.27. The molecule has 1 atom stereocenters. The molecule has 0 aliphatic rings. The van der Waals surface area contributed by atoms with E-state index in [1.807, 2.05) is 25.2 Å². The van der Waals surface area contributed by atoms with E-state index in [1.165, 1.54) is 0 Å². The average Bonchev–Trinajstić information content (AvgIpc) is 2.78. The van der Waals surface area contributed by atoms with Crippen molar-refractivity contribution in [1.29, 1.82) is 0 Å². The first-order valence-corrected chi connectivity index (χ1v) is 5.96. The van der Waals surface area contributed by atoms with Gasteiger partial charge in [-0.25, -0.2) is 0 Å². The van der Waals surface area contributed by atoms with Gasteiger partial charge in [-0.2, -0.15) is 0 Å². The fourth-order valence-corrected chi connectivity index (χ4v) is 2.21. The first kappa shape index (κ1) is 12.1.